The minimum Gasteiger partial charge on any atom is -0.492 e. The van der Waals surface area contributed by atoms with E-state index in [1.165, 1.54) is 18.4 Å². The molecule has 1 aliphatic carbocycles. The Labute approximate surface area is 129 Å². The van der Waals surface area contributed by atoms with Crippen LogP contribution in [0.2, 0.25) is 0 Å². The van der Waals surface area contributed by atoms with Crippen LogP contribution in [0.15, 0.2) is 24.3 Å². The van der Waals surface area contributed by atoms with Gasteiger partial charge in [-0.25, -0.2) is 0 Å². The number of ether oxygens (including phenoxy) is 1. The third kappa shape index (κ3) is 6.06. The van der Waals surface area contributed by atoms with Crippen LogP contribution in [0.3, 0.4) is 0 Å². The fourth-order valence-electron chi connectivity index (χ4n) is 2.43. The third-order valence-electron chi connectivity index (χ3n) is 3.84. The van der Waals surface area contributed by atoms with Crippen LogP contribution in [0.4, 0.5) is 0 Å². The summed E-state index contributed by atoms with van der Waals surface area (Å²) in [5, 5.41) is 3.51. The van der Waals surface area contributed by atoms with Crippen LogP contribution in [-0.4, -0.2) is 36.2 Å². The van der Waals surface area contributed by atoms with Gasteiger partial charge in [-0.15, -0.1) is 0 Å². The van der Waals surface area contributed by atoms with E-state index < -0.39 is 0 Å². The smallest absolute Gasteiger partial charge is 0.119 e. The summed E-state index contributed by atoms with van der Waals surface area (Å²) in [6.07, 6.45) is 2.73. The SMILES string of the molecule is CCN(CCOc1cccc(CNC(C)(C)C)c1)C1CC1. The third-order valence-corrected chi connectivity index (χ3v) is 3.84. The van der Waals surface area contributed by atoms with Gasteiger partial charge in [0.05, 0.1) is 0 Å². The molecule has 0 saturated heterocycles. The molecule has 1 aromatic carbocycles. The summed E-state index contributed by atoms with van der Waals surface area (Å²) in [6, 6.07) is 9.24. The highest BCUT2D eigenvalue weighted by Gasteiger charge is 2.27. The van der Waals surface area contributed by atoms with Crippen molar-refractivity contribution in [3.8, 4) is 5.75 Å². The normalized spacial score (nSPS) is 15.5. The molecule has 0 amide bonds. The zero-order chi connectivity index (χ0) is 15.3. The minimum absolute atomic E-state index is 0.142. The van der Waals surface area contributed by atoms with E-state index in [1.807, 2.05) is 6.07 Å². The van der Waals surface area contributed by atoms with Gasteiger partial charge in [-0.05, 0) is 57.9 Å². The van der Waals surface area contributed by atoms with Crippen molar-refractivity contribution < 1.29 is 4.74 Å². The van der Waals surface area contributed by atoms with Gasteiger partial charge in [0.1, 0.15) is 12.4 Å². The van der Waals surface area contributed by atoms with Crippen LogP contribution in [0.1, 0.15) is 46.1 Å². The molecule has 118 valence electrons. The highest BCUT2D eigenvalue weighted by molar-refractivity contribution is 5.28. The molecule has 3 nitrogen and oxygen atoms in total. The molecule has 1 aromatic rings. The standard InChI is InChI=1S/C18H30N2O/c1-5-20(16-9-10-16)11-12-21-17-8-6-7-15(13-17)14-19-18(2,3)4/h6-8,13,16,19H,5,9-12,14H2,1-4H3. The van der Waals surface area contributed by atoms with Gasteiger partial charge in [0.15, 0.2) is 0 Å². The first-order valence-corrected chi connectivity index (χ1v) is 8.19. The minimum atomic E-state index is 0.142. The summed E-state index contributed by atoms with van der Waals surface area (Å²) in [7, 11) is 0. The zero-order valence-electron chi connectivity index (χ0n) is 14.0. The van der Waals surface area contributed by atoms with E-state index in [0.717, 1.165) is 38.0 Å². The Bertz CT molecular complexity index is 435. The van der Waals surface area contributed by atoms with E-state index >= 15 is 0 Å². The first-order chi connectivity index (χ1) is 9.98. The van der Waals surface area contributed by atoms with Crippen molar-refractivity contribution in [1.82, 2.24) is 10.2 Å². The number of hydrogen-bond acceptors (Lipinski definition) is 3. The second-order valence-corrected chi connectivity index (χ2v) is 6.96. The number of rotatable bonds is 8. The van der Waals surface area contributed by atoms with Crippen LogP contribution >= 0.6 is 0 Å². The summed E-state index contributed by atoms with van der Waals surface area (Å²) < 4.78 is 5.92. The lowest BCUT2D eigenvalue weighted by molar-refractivity contribution is 0.209. The van der Waals surface area contributed by atoms with Gasteiger partial charge in [0.2, 0.25) is 0 Å². The largest absolute Gasteiger partial charge is 0.492 e. The van der Waals surface area contributed by atoms with Gasteiger partial charge in [0, 0.05) is 24.7 Å². The van der Waals surface area contributed by atoms with Crippen molar-refractivity contribution in [3.63, 3.8) is 0 Å². The van der Waals surface area contributed by atoms with Crippen molar-refractivity contribution in [2.45, 2.75) is 58.7 Å². The van der Waals surface area contributed by atoms with Crippen LogP contribution in [-0.2, 0) is 6.54 Å². The van der Waals surface area contributed by atoms with Crippen LogP contribution < -0.4 is 10.1 Å². The second-order valence-electron chi connectivity index (χ2n) is 6.96. The van der Waals surface area contributed by atoms with Crippen molar-refractivity contribution in [2.24, 2.45) is 0 Å². The second kappa shape index (κ2) is 7.28. The molecule has 2 rings (SSSR count). The molecule has 1 aliphatic rings. The molecular weight excluding hydrogens is 260 g/mol. The quantitative estimate of drug-likeness (QED) is 0.794. The maximum Gasteiger partial charge on any atom is 0.119 e. The van der Waals surface area contributed by atoms with Gasteiger partial charge < -0.3 is 10.1 Å². The predicted molar refractivity (Wildman–Crippen MR) is 88.8 cm³/mol. The molecule has 1 fully saturated rings. The molecule has 0 aliphatic heterocycles. The number of benzene rings is 1. The van der Waals surface area contributed by atoms with Crippen LogP contribution in [0.5, 0.6) is 5.75 Å². The number of nitrogens with zero attached hydrogens (tertiary/aromatic N) is 1. The first kappa shape index (κ1) is 16.3. The summed E-state index contributed by atoms with van der Waals surface area (Å²) in [5.41, 5.74) is 1.42. The summed E-state index contributed by atoms with van der Waals surface area (Å²) in [6.45, 7) is 12.6. The van der Waals surface area contributed by atoms with E-state index in [9.17, 15) is 0 Å². The van der Waals surface area contributed by atoms with Gasteiger partial charge in [-0.3, -0.25) is 4.90 Å². The zero-order valence-corrected chi connectivity index (χ0v) is 14.0. The summed E-state index contributed by atoms with van der Waals surface area (Å²) in [5.74, 6) is 0.982. The maximum atomic E-state index is 5.92. The average Bonchev–Trinajstić information content (AvgIpc) is 3.26. The van der Waals surface area contributed by atoms with E-state index in [0.29, 0.717) is 0 Å². The van der Waals surface area contributed by atoms with Crippen molar-refractivity contribution in [3.05, 3.63) is 29.8 Å². The molecule has 0 radical (unpaired) electrons. The van der Waals surface area contributed by atoms with Gasteiger partial charge >= 0.3 is 0 Å². The van der Waals surface area contributed by atoms with Crippen molar-refractivity contribution in [1.29, 1.82) is 0 Å². The Kier molecular flexibility index (Phi) is 5.65. The molecule has 1 saturated carbocycles. The molecule has 0 spiro atoms. The van der Waals surface area contributed by atoms with E-state index in [1.54, 1.807) is 0 Å². The summed E-state index contributed by atoms with van der Waals surface area (Å²) in [4.78, 5) is 2.52. The Morgan fingerprint density at radius 3 is 2.67 bits per heavy atom. The number of hydrogen-bond donors (Lipinski definition) is 1. The fourth-order valence-corrected chi connectivity index (χ4v) is 2.43. The van der Waals surface area contributed by atoms with Gasteiger partial charge in [-0.1, -0.05) is 19.1 Å². The van der Waals surface area contributed by atoms with Crippen LogP contribution in [0.25, 0.3) is 0 Å². The monoisotopic (exact) mass is 290 g/mol. The fraction of sp³-hybridized carbons (Fsp3) is 0.667. The molecule has 21 heavy (non-hydrogen) atoms. The molecule has 3 heteroatoms. The highest BCUT2D eigenvalue weighted by atomic mass is 16.5. The van der Waals surface area contributed by atoms with E-state index in [-0.39, 0.29) is 5.54 Å². The van der Waals surface area contributed by atoms with Crippen molar-refractivity contribution in [2.75, 3.05) is 19.7 Å². The molecule has 0 atom stereocenters. The Morgan fingerprint density at radius 1 is 1.29 bits per heavy atom. The van der Waals surface area contributed by atoms with Crippen molar-refractivity contribution >= 4 is 0 Å². The Balaban J connectivity index is 1.77. The molecule has 0 bridgehead atoms. The maximum absolute atomic E-state index is 5.92. The molecular formula is C18H30N2O. The lowest BCUT2D eigenvalue weighted by Gasteiger charge is -2.21. The van der Waals surface area contributed by atoms with E-state index in [4.69, 9.17) is 4.74 Å². The number of likely N-dealkylation sites (N-methyl/N-ethyl adjacent to an activating group) is 1. The van der Waals surface area contributed by atoms with Gasteiger partial charge in [-0.2, -0.15) is 0 Å². The molecule has 1 N–H and O–H groups in total. The topological polar surface area (TPSA) is 24.5 Å². The number of nitrogens with one attached hydrogen (secondary N) is 1. The predicted octanol–water partition coefficient (Wildman–Crippen LogP) is 3.44. The van der Waals surface area contributed by atoms with E-state index in [2.05, 4.69) is 56.1 Å². The van der Waals surface area contributed by atoms with Crippen LogP contribution in [0, 0.1) is 0 Å². The first-order valence-electron chi connectivity index (χ1n) is 8.19. The Morgan fingerprint density at radius 2 is 2.05 bits per heavy atom. The van der Waals surface area contributed by atoms with Gasteiger partial charge in [0.25, 0.3) is 0 Å². The highest BCUT2D eigenvalue weighted by Crippen LogP contribution is 2.26. The lowest BCUT2D eigenvalue weighted by atomic mass is 10.1. The summed E-state index contributed by atoms with van der Waals surface area (Å²) >= 11 is 0. The Hall–Kier alpha value is -1.06. The lowest BCUT2D eigenvalue weighted by Crippen LogP contribution is -2.35. The average molecular weight is 290 g/mol. The molecule has 0 unspecified atom stereocenters. The molecule has 0 aromatic heterocycles. The molecule has 0 heterocycles.